The van der Waals surface area contributed by atoms with Gasteiger partial charge in [0.15, 0.2) is 0 Å². The first-order valence-corrected chi connectivity index (χ1v) is 9.88. The summed E-state index contributed by atoms with van der Waals surface area (Å²) in [5.74, 6) is 0.516. The van der Waals surface area contributed by atoms with Crippen LogP contribution in [0.1, 0.15) is 36.0 Å². The van der Waals surface area contributed by atoms with Crippen molar-refractivity contribution in [3.63, 3.8) is 0 Å². The second-order valence-corrected chi connectivity index (χ2v) is 7.76. The summed E-state index contributed by atoms with van der Waals surface area (Å²) < 4.78 is 0. The summed E-state index contributed by atoms with van der Waals surface area (Å²) in [6.07, 6.45) is 4.12. The van der Waals surface area contributed by atoms with Crippen molar-refractivity contribution in [3.05, 3.63) is 65.2 Å². The average Bonchev–Trinajstić information content (AvgIpc) is 2.68. The summed E-state index contributed by atoms with van der Waals surface area (Å²) in [6, 6.07) is 17.2. The first-order chi connectivity index (χ1) is 12.7. The van der Waals surface area contributed by atoms with Crippen molar-refractivity contribution in [3.8, 4) is 0 Å². The molecule has 2 aliphatic heterocycles. The number of aryl methyl sites for hydroxylation is 2. The first kappa shape index (κ1) is 17.3. The van der Waals surface area contributed by atoms with Crippen molar-refractivity contribution in [2.75, 3.05) is 24.5 Å². The Hall–Kier alpha value is -2.13. The van der Waals surface area contributed by atoms with E-state index in [0.29, 0.717) is 5.91 Å². The summed E-state index contributed by atoms with van der Waals surface area (Å²) in [7, 11) is 0. The molecule has 0 atom stereocenters. The monoisotopic (exact) mass is 348 g/mol. The lowest BCUT2D eigenvalue weighted by Gasteiger charge is -2.36. The summed E-state index contributed by atoms with van der Waals surface area (Å²) in [5, 5.41) is 0. The molecule has 3 nitrogen and oxygen atoms in total. The molecule has 1 amide bonds. The number of piperidine rings is 1. The Balaban J connectivity index is 1.37. The number of hydrogen-bond donors (Lipinski definition) is 0. The number of rotatable bonds is 3. The van der Waals surface area contributed by atoms with Gasteiger partial charge >= 0.3 is 0 Å². The molecule has 0 saturated carbocycles. The van der Waals surface area contributed by atoms with E-state index in [4.69, 9.17) is 0 Å². The Bertz CT molecular complexity index is 777. The van der Waals surface area contributed by atoms with Gasteiger partial charge in [-0.05, 0) is 62.9 Å². The average molecular weight is 348 g/mol. The summed E-state index contributed by atoms with van der Waals surface area (Å²) in [4.78, 5) is 17.7. The van der Waals surface area contributed by atoms with E-state index in [1.54, 1.807) is 0 Å². The molecule has 136 valence electrons. The van der Waals surface area contributed by atoms with Crippen LogP contribution in [0.25, 0.3) is 0 Å². The lowest BCUT2D eigenvalue weighted by Crippen LogP contribution is -2.44. The second-order valence-electron chi connectivity index (χ2n) is 7.76. The third kappa shape index (κ3) is 3.68. The number of nitrogens with zero attached hydrogens (tertiary/aromatic N) is 2. The number of likely N-dealkylation sites (tertiary alicyclic amines) is 1. The fourth-order valence-corrected chi connectivity index (χ4v) is 4.39. The van der Waals surface area contributed by atoms with Crippen LogP contribution in [0.2, 0.25) is 0 Å². The van der Waals surface area contributed by atoms with Gasteiger partial charge in [-0.25, -0.2) is 0 Å². The maximum absolute atomic E-state index is 13.1. The van der Waals surface area contributed by atoms with Crippen molar-refractivity contribution in [1.29, 1.82) is 0 Å². The van der Waals surface area contributed by atoms with Gasteiger partial charge in [0.05, 0.1) is 0 Å². The van der Waals surface area contributed by atoms with Gasteiger partial charge in [-0.15, -0.1) is 0 Å². The van der Waals surface area contributed by atoms with E-state index >= 15 is 0 Å². The molecule has 1 saturated heterocycles. The molecule has 0 aliphatic carbocycles. The fourth-order valence-electron chi connectivity index (χ4n) is 4.39. The molecule has 2 aromatic carbocycles. The number of fused-ring (bicyclic) bond motifs is 1. The molecule has 2 heterocycles. The van der Waals surface area contributed by atoms with Crippen LogP contribution in [0, 0.1) is 12.8 Å². The maximum atomic E-state index is 13.1. The van der Waals surface area contributed by atoms with Gasteiger partial charge in [-0.2, -0.15) is 0 Å². The Morgan fingerprint density at radius 2 is 1.85 bits per heavy atom. The van der Waals surface area contributed by atoms with E-state index in [2.05, 4.69) is 65.3 Å². The molecule has 0 radical (unpaired) electrons. The van der Waals surface area contributed by atoms with E-state index in [-0.39, 0.29) is 5.92 Å². The van der Waals surface area contributed by atoms with Gasteiger partial charge in [0, 0.05) is 24.7 Å². The highest BCUT2D eigenvalue weighted by Gasteiger charge is 2.31. The lowest BCUT2D eigenvalue weighted by molar-refractivity contribution is -0.123. The molecular weight excluding hydrogens is 320 g/mol. The van der Waals surface area contributed by atoms with Gasteiger partial charge in [0.1, 0.15) is 0 Å². The highest BCUT2D eigenvalue weighted by molar-refractivity contribution is 5.96. The predicted octanol–water partition coefficient (Wildman–Crippen LogP) is 4.19. The number of amides is 1. The number of hydrogen-bond acceptors (Lipinski definition) is 2. The molecule has 2 aromatic rings. The van der Waals surface area contributed by atoms with E-state index in [9.17, 15) is 4.79 Å². The van der Waals surface area contributed by atoms with E-state index < -0.39 is 0 Å². The third-order valence-electron chi connectivity index (χ3n) is 5.80. The largest absolute Gasteiger partial charge is 0.312 e. The van der Waals surface area contributed by atoms with Crippen LogP contribution in [-0.4, -0.2) is 30.4 Å². The molecule has 26 heavy (non-hydrogen) atoms. The minimum Gasteiger partial charge on any atom is -0.312 e. The Morgan fingerprint density at radius 3 is 2.65 bits per heavy atom. The molecule has 0 bridgehead atoms. The molecule has 0 unspecified atom stereocenters. The van der Waals surface area contributed by atoms with Crippen LogP contribution in [0.4, 0.5) is 5.69 Å². The highest BCUT2D eigenvalue weighted by Crippen LogP contribution is 2.30. The minimum atomic E-state index is 0.176. The van der Waals surface area contributed by atoms with Gasteiger partial charge in [0.25, 0.3) is 0 Å². The number of benzene rings is 2. The lowest BCUT2D eigenvalue weighted by atomic mass is 9.93. The summed E-state index contributed by atoms with van der Waals surface area (Å²) in [6.45, 7) is 6.04. The third-order valence-corrected chi connectivity index (χ3v) is 5.80. The topological polar surface area (TPSA) is 23.6 Å². The number of para-hydroxylation sites is 1. The molecule has 4 rings (SSSR count). The maximum Gasteiger partial charge on any atom is 0.230 e. The molecule has 0 spiro atoms. The van der Waals surface area contributed by atoms with Crippen LogP contribution in [0.5, 0.6) is 0 Å². The van der Waals surface area contributed by atoms with Crippen molar-refractivity contribution in [2.24, 2.45) is 5.92 Å². The van der Waals surface area contributed by atoms with E-state index in [1.807, 2.05) is 0 Å². The molecule has 0 N–H and O–H groups in total. The van der Waals surface area contributed by atoms with Gasteiger partial charge in [-0.3, -0.25) is 9.69 Å². The highest BCUT2D eigenvalue weighted by atomic mass is 16.2. The zero-order valence-corrected chi connectivity index (χ0v) is 15.7. The molecule has 0 aromatic heterocycles. The quantitative estimate of drug-likeness (QED) is 0.830. The Morgan fingerprint density at radius 1 is 1.04 bits per heavy atom. The second kappa shape index (κ2) is 7.63. The van der Waals surface area contributed by atoms with Gasteiger partial charge < -0.3 is 4.90 Å². The van der Waals surface area contributed by atoms with Crippen molar-refractivity contribution >= 4 is 11.6 Å². The number of carbonyl (C=O) groups is 1. The van der Waals surface area contributed by atoms with Crippen LogP contribution in [0.15, 0.2) is 48.5 Å². The standard InChI is InChI=1S/C23H28N2O/c1-18-6-4-7-19(16-18)17-24-14-11-21(12-15-24)23(26)25-13-5-9-20-8-2-3-10-22(20)25/h2-4,6-8,10,16,21H,5,9,11-15,17H2,1H3. The number of anilines is 1. The van der Waals surface area contributed by atoms with Crippen LogP contribution < -0.4 is 4.90 Å². The van der Waals surface area contributed by atoms with Gasteiger partial charge in [0.2, 0.25) is 5.91 Å². The zero-order valence-electron chi connectivity index (χ0n) is 15.7. The summed E-state index contributed by atoms with van der Waals surface area (Å²) >= 11 is 0. The number of carbonyl (C=O) groups excluding carboxylic acids is 1. The molecule has 3 heteroatoms. The van der Waals surface area contributed by atoms with Gasteiger partial charge in [-0.1, -0.05) is 48.0 Å². The zero-order chi connectivity index (χ0) is 17.9. The van der Waals surface area contributed by atoms with Crippen molar-refractivity contribution in [1.82, 2.24) is 4.90 Å². The minimum absolute atomic E-state index is 0.176. The summed E-state index contributed by atoms with van der Waals surface area (Å²) in [5.41, 5.74) is 5.16. The molecule has 2 aliphatic rings. The SMILES string of the molecule is Cc1cccc(CN2CCC(C(=O)N3CCCc4ccccc43)CC2)c1. The van der Waals surface area contributed by atoms with E-state index in [0.717, 1.165) is 57.5 Å². The fraction of sp³-hybridized carbons (Fsp3) is 0.435. The Kier molecular flexibility index (Phi) is 5.07. The molecule has 1 fully saturated rings. The predicted molar refractivity (Wildman–Crippen MR) is 106 cm³/mol. The van der Waals surface area contributed by atoms with Crippen LogP contribution in [0.3, 0.4) is 0 Å². The van der Waals surface area contributed by atoms with E-state index in [1.165, 1.54) is 16.7 Å². The molecular formula is C23H28N2O. The normalized spacial score (nSPS) is 18.6. The smallest absolute Gasteiger partial charge is 0.230 e. The van der Waals surface area contributed by atoms with Crippen LogP contribution in [-0.2, 0) is 17.8 Å². The van der Waals surface area contributed by atoms with Crippen molar-refractivity contribution < 1.29 is 4.79 Å². The Labute approximate surface area is 156 Å². The van der Waals surface area contributed by atoms with Crippen molar-refractivity contribution in [2.45, 2.75) is 39.2 Å². The first-order valence-electron chi connectivity index (χ1n) is 9.88. The van der Waals surface area contributed by atoms with Crippen LogP contribution >= 0.6 is 0 Å².